The zero-order chi connectivity index (χ0) is 15.1. The van der Waals surface area contributed by atoms with Gasteiger partial charge in [-0.2, -0.15) is 0 Å². The first kappa shape index (κ1) is 16.1. The normalized spacial score (nSPS) is 13.7. The molecule has 6 heteroatoms. The monoisotopic (exact) mass is 279 g/mol. The lowest BCUT2D eigenvalue weighted by Gasteiger charge is -2.22. The van der Waals surface area contributed by atoms with Crippen LogP contribution in [0.1, 0.15) is 44.1 Å². The van der Waals surface area contributed by atoms with Gasteiger partial charge in [0.2, 0.25) is 5.91 Å². The second-order valence-corrected chi connectivity index (χ2v) is 4.88. The molecule has 2 atom stereocenters. The lowest BCUT2D eigenvalue weighted by molar-refractivity contribution is -0.384. The molecule has 1 aromatic rings. The molecule has 0 heterocycles. The Kier molecular flexibility index (Phi) is 6.11. The zero-order valence-electron chi connectivity index (χ0n) is 11.6. The van der Waals surface area contributed by atoms with Crippen molar-refractivity contribution in [1.29, 1.82) is 0 Å². The van der Waals surface area contributed by atoms with E-state index in [0.29, 0.717) is 0 Å². The van der Waals surface area contributed by atoms with E-state index in [2.05, 4.69) is 6.92 Å². The van der Waals surface area contributed by atoms with Gasteiger partial charge in [-0.3, -0.25) is 14.9 Å². The molecule has 0 saturated carbocycles. The van der Waals surface area contributed by atoms with Crippen LogP contribution in [-0.4, -0.2) is 16.9 Å². The van der Waals surface area contributed by atoms with Gasteiger partial charge in [0.05, 0.1) is 11.0 Å². The van der Waals surface area contributed by atoms with Crippen molar-refractivity contribution in [1.82, 2.24) is 0 Å². The second kappa shape index (κ2) is 7.59. The van der Waals surface area contributed by atoms with Crippen LogP contribution in [0, 0.1) is 10.1 Å². The maximum absolute atomic E-state index is 11.3. The molecule has 110 valence electrons. The van der Waals surface area contributed by atoms with Gasteiger partial charge in [-0.1, -0.05) is 38.3 Å². The molecule has 0 aliphatic heterocycles. The van der Waals surface area contributed by atoms with Gasteiger partial charge in [0.15, 0.2) is 0 Å². The third kappa shape index (κ3) is 4.31. The van der Waals surface area contributed by atoms with Gasteiger partial charge in [0.1, 0.15) is 0 Å². The average Bonchev–Trinajstić information content (AvgIpc) is 2.43. The number of unbranched alkanes of at least 4 members (excludes halogenated alkanes) is 2. The second-order valence-electron chi connectivity index (χ2n) is 4.88. The van der Waals surface area contributed by atoms with E-state index in [0.717, 1.165) is 31.2 Å². The van der Waals surface area contributed by atoms with E-state index in [9.17, 15) is 14.9 Å². The largest absolute Gasteiger partial charge is 0.368 e. The Hall–Kier alpha value is -1.95. The molecule has 20 heavy (non-hydrogen) atoms. The molecule has 4 N–H and O–H groups in total. The summed E-state index contributed by atoms with van der Waals surface area (Å²) < 4.78 is 0. The minimum atomic E-state index is -0.770. The highest BCUT2D eigenvalue weighted by Crippen LogP contribution is 2.27. The van der Waals surface area contributed by atoms with Crippen molar-refractivity contribution in [3.05, 3.63) is 39.9 Å². The first-order chi connectivity index (χ1) is 9.47. The number of amides is 1. The first-order valence-electron chi connectivity index (χ1n) is 6.76. The summed E-state index contributed by atoms with van der Waals surface area (Å²) in [6, 6.07) is 5.38. The number of rotatable bonds is 8. The Morgan fingerprint density at radius 2 is 1.90 bits per heavy atom. The molecule has 0 fully saturated rings. The van der Waals surface area contributed by atoms with Crippen molar-refractivity contribution in [3.63, 3.8) is 0 Å². The summed E-state index contributed by atoms with van der Waals surface area (Å²) in [5, 5.41) is 10.6. The predicted molar refractivity (Wildman–Crippen MR) is 77.1 cm³/mol. The molecule has 0 radical (unpaired) electrons. The van der Waals surface area contributed by atoms with Gasteiger partial charge in [0.25, 0.3) is 5.69 Å². The predicted octanol–water partition coefficient (Wildman–Crippen LogP) is 2.07. The molecule has 0 bridgehead atoms. The maximum Gasteiger partial charge on any atom is 0.269 e. The SMILES string of the molecule is CCCCCC(c1ccc([N+](=O)[O-])cc1)C(N)C(N)=O. The maximum atomic E-state index is 11.3. The highest BCUT2D eigenvalue weighted by atomic mass is 16.6. The van der Waals surface area contributed by atoms with Gasteiger partial charge in [0, 0.05) is 18.1 Å². The summed E-state index contributed by atoms with van der Waals surface area (Å²) in [6.07, 6.45) is 3.81. The van der Waals surface area contributed by atoms with Crippen molar-refractivity contribution < 1.29 is 9.72 Å². The highest BCUT2D eigenvalue weighted by Gasteiger charge is 2.24. The summed E-state index contributed by atoms with van der Waals surface area (Å²) >= 11 is 0. The summed E-state index contributed by atoms with van der Waals surface area (Å²) in [5.41, 5.74) is 12.0. The minimum absolute atomic E-state index is 0.0219. The first-order valence-corrected chi connectivity index (χ1v) is 6.76. The summed E-state index contributed by atoms with van der Waals surface area (Å²) in [5.74, 6) is -0.746. The van der Waals surface area contributed by atoms with Gasteiger partial charge in [-0.05, 0) is 12.0 Å². The molecule has 0 aliphatic carbocycles. The molecule has 6 nitrogen and oxygen atoms in total. The van der Waals surface area contributed by atoms with Crippen LogP contribution in [0.5, 0.6) is 0 Å². The molecular formula is C14H21N3O3. The molecule has 0 aliphatic rings. The lowest BCUT2D eigenvalue weighted by Crippen LogP contribution is -2.41. The smallest absolute Gasteiger partial charge is 0.269 e. The number of carbonyl (C=O) groups excluding carboxylic acids is 1. The number of nitrogens with zero attached hydrogens (tertiary/aromatic N) is 1. The van der Waals surface area contributed by atoms with Crippen LogP contribution in [0.4, 0.5) is 5.69 Å². The zero-order valence-corrected chi connectivity index (χ0v) is 11.6. The van der Waals surface area contributed by atoms with Crippen LogP contribution in [0.15, 0.2) is 24.3 Å². The molecule has 1 aromatic carbocycles. The molecule has 1 rings (SSSR count). The molecule has 0 spiro atoms. The van der Waals surface area contributed by atoms with Crippen molar-refractivity contribution in [2.24, 2.45) is 11.5 Å². The van der Waals surface area contributed by atoms with Crippen molar-refractivity contribution >= 4 is 11.6 Å². The fourth-order valence-corrected chi connectivity index (χ4v) is 2.21. The fraction of sp³-hybridized carbons (Fsp3) is 0.500. The average molecular weight is 279 g/mol. The summed E-state index contributed by atoms with van der Waals surface area (Å²) in [4.78, 5) is 21.5. The number of hydrogen-bond donors (Lipinski definition) is 2. The van der Waals surface area contributed by atoms with Crippen LogP contribution in [0.3, 0.4) is 0 Å². The van der Waals surface area contributed by atoms with Crippen molar-refractivity contribution in [3.8, 4) is 0 Å². The standard InChI is InChI=1S/C14H21N3O3/c1-2-3-4-5-12(13(15)14(16)18)10-6-8-11(9-7-10)17(19)20/h6-9,12-13H,2-5,15H2,1H3,(H2,16,18). The number of hydrogen-bond acceptors (Lipinski definition) is 4. The number of nitrogens with two attached hydrogens (primary N) is 2. The fourth-order valence-electron chi connectivity index (χ4n) is 2.21. The number of nitro benzene ring substituents is 1. The van der Waals surface area contributed by atoms with E-state index in [1.54, 1.807) is 12.1 Å². The van der Waals surface area contributed by atoms with Gasteiger partial charge in [-0.15, -0.1) is 0 Å². The quantitative estimate of drug-likeness (QED) is 0.431. The van der Waals surface area contributed by atoms with Crippen molar-refractivity contribution in [2.45, 2.75) is 44.6 Å². The number of benzene rings is 1. The Morgan fingerprint density at radius 3 is 2.35 bits per heavy atom. The van der Waals surface area contributed by atoms with Crippen molar-refractivity contribution in [2.75, 3.05) is 0 Å². The lowest BCUT2D eigenvalue weighted by atomic mass is 9.86. The van der Waals surface area contributed by atoms with Gasteiger partial charge >= 0.3 is 0 Å². The molecule has 0 aromatic heterocycles. The molecule has 1 amide bonds. The van der Waals surface area contributed by atoms with Crippen LogP contribution in [-0.2, 0) is 4.79 Å². The third-order valence-electron chi connectivity index (χ3n) is 3.41. The molecule has 0 saturated heterocycles. The Labute approximate surface area is 118 Å². The number of nitro groups is 1. The minimum Gasteiger partial charge on any atom is -0.368 e. The van der Waals surface area contributed by atoms with Crippen LogP contribution in [0.25, 0.3) is 0 Å². The van der Waals surface area contributed by atoms with E-state index >= 15 is 0 Å². The van der Waals surface area contributed by atoms with Crippen LogP contribution >= 0.6 is 0 Å². The van der Waals surface area contributed by atoms with Gasteiger partial charge in [-0.25, -0.2) is 0 Å². The topological polar surface area (TPSA) is 112 Å². The van der Waals surface area contributed by atoms with Crippen LogP contribution < -0.4 is 11.5 Å². The molecule has 2 unspecified atom stereocenters. The number of non-ortho nitro benzene ring substituents is 1. The Balaban J connectivity index is 2.90. The van der Waals surface area contributed by atoms with E-state index in [4.69, 9.17) is 11.5 Å². The van der Waals surface area contributed by atoms with E-state index < -0.39 is 16.9 Å². The number of primary amides is 1. The van der Waals surface area contributed by atoms with Gasteiger partial charge < -0.3 is 11.5 Å². The Morgan fingerprint density at radius 1 is 1.30 bits per heavy atom. The summed E-state index contributed by atoms with van der Waals surface area (Å²) in [6.45, 7) is 2.09. The van der Waals surface area contributed by atoms with E-state index in [-0.39, 0.29) is 11.6 Å². The van der Waals surface area contributed by atoms with Crippen LogP contribution in [0.2, 0.25) is 0 Å². The Bertz CT molecular complexity index is 459. The van der Waals surface area contributed by atoms with E-state index in [1.807, 2.05) is 0 Å². The summed E-state index contributed by atoms with van der Waals surface area (Å²) in [7, 11) is 0. The number of carbonyl (C=O) groups is 1. The molecular weight excluding hydrogens is 258 g/mol. The van der Waals surface area contributed by atoms with E-state index in [1.165, 1.54) is 12.1 Å². The third-order valence-corrected chi connectivity index (χ3v) is 3.41. The highest BCUT2D eigenvalue weighted by molar-refractivity contribution is 5.80.